The Labute approximate surface area is 67.7 Å². The Hall–Kier alpha value is -0.560. The van der Waals surface area contributed by atoms with Crippen LogP contribution >= 0.6 is 0 Å². The fourth-order valence-electron chi connectivity index (χ4n) is 1.77. The first kappa shape index (κ1) is 7.11. The number of hydrogen-bond acceptors (Lipinski definition) is 1. The molecule has 11 heavy (non-hydrogen) atoms. The topological polar surface area (TPSA) is 9.23 Å². The lowest BCUT2D eigenvalue weighted by atomic mass is 9.91. The van der Waals surface area contributed by atoms with E-state index in [4.69, 9.17) is 4.74 Å². The van der Waals surface area contributed by atoms with Crippen molar-refractivity contribution < 1.29 is 4.74 Å². The monoisotopic (exact) mass is 150 g/mol. The molecule has 60 valence electrons. The zero-order chi connectivity index (χ0) is 7.68. The van der Waals surface area contributed by atoms with Crippen molar-refractivity contribution in [2.75, 3.05) is 13.2 Å². The van der Waals surface area contributed by atoms with E-state index in [2.05, 4.69) is 13.0 Å². The molecule has 0 saturated heterocycles. The standard InChI is InChI=1S/C10H14O/c1-8-2-3-10-7-11-5-4-9(10)6-8/h6H,2-5,7H2,1H3. The Balaban J connectivity index is 2.25. The van der Waals surface area contributed by atoms with Gasteiger partial charge in [0.1, 0.15) is 0 Å². The number of allylic oxidation sites excluding steroid dienone is 2. The SMILES string of the molecule is CC1=CC2=C(CC1)COCC2. The van der Waals surface area contributed by atoms with Gasteiger partial charge in [-0.15, -0.1) is 0 Å². The van der Waals surface area contributed by atoms with Gasteiger partial charge in [-0.05, 0) is 37.3 Å². The Morgan fingerprint density at radius 3 is 3.09 bits per heavy atom. The quantitative estimate of drug-likeness (QED) is 0.515. The second kappa shape index (κ2) is 2.82. The summed E-state index contributed by atoms with van der Waals surface area (Å²) in [6.45, 7) is 4.03. The predicted molar refractivity (Wildman–Crippen MR) is 45.5 cm³/mol. The van der Waals surface area contributed by atoms with Gasteiger partial charge in [0.15, 0.2) is 0 Å². The van der Waals surface area contributed by atoms with E-state index in [0.717, 1.165) is 19.6 Å². The van der Waals surface area contributed by atoms with Crippen LogP contribution in [0.15, 0.2) is 22.8 Å². The van der Waals surface area contributed by atoms with Gasteiger partial charge in [-0.1, -0.05) is 11.6 Å². The van der Waals surface area contributed by atoms with Crippen LogP contribution in [0.2, 0.25) is 0 Å². The van der Waals surface area contributed by atoms with E-state index in [-0.39, 0.29) is 0 Å². The fraction of sp³-hybridized carbons (Fsp3) is 0.600. The molecule has 1 aliphatic carbocycles. The molecule has 0 radical (unpaired) electrons. The van der Waals surface area contributed by atoms with Crippen LogP contribution < -0.4 is 0 Å². The molecule has 0 aromatic carbocycles. The summed E-state index contributed by atoms with van der Waals surface area (Å²) in [6, 6.07) is 0. The molecule has 1 heteroatoms. The van der Waals surface area contributed by atoms with Gasteiger partial charge in [-0.2, -0.15) is 0 Å². The van der Waals surface area contributed by atoms with Crippen molar-refractivity contribution in [3.63, 3.8) is 0 Å². The summed E-state index contributed by atoms with van der Waals surface area (Å²) < 4.78 is 5.39. The summed E-state index contributed by atoms with van der Waals surface area (Å²) >= 11 is 0. The Morgan fingerprint density at radius 2 is 2.18 bits per heavy atom. The lowest BCUT2D eigenvalue weighted by Gasteiger charge is -2.23. The average molecular weight is 150 g/mol. The molecule has 0 bridgehead atoms. The molecule has 0 fully saturated rings. The molecule has 0 aromatic rings. The second-order valence-corrected chi connectivity index (χ2v) is 3.42. The molecule has 0 spiro atoms. The molecule has 2 aliphatic rings. The third-order valence-electron chi connectivity index (χ3n) is 2.49. The molecule has 2 rings (SSSR count). The first-order chi connectivity index (χ1) is 5.36. The molecular weight excluding hydrogens is 136 g/mol. The van der Waals surface area contributed by atoms with Crippen LogP contribution in [0.3, 0.4) is 0 Å². The molecule has 0 atom stereocenters. The van der Waals surface area contributed by atoms with E-state index >= 15 is 0 Å². The largest absolute Gasteiger partial charge is 0.377 e. The van der Waals surface area contributed by atoms with Crippen molar-refractivity contribution in [3.8, 4) is 0 Å². The highest BCUT2D eigenvalue weighted by Crippen LogP contribution is 2.28. The summed E-state index contributed by atoms with van der Waals surface area (Å²) in [5, 5.41) is 0. The summed E-state index contributed by atoms with van der Waals surface area (Å²) in [5.74, 6) is 0. The van der Waals surface area contributed by atoms with Crippen molar-refractivity contribution in [3.05, 3.63) is 22.8 Å². The predicted octanol–water partition coefficient (Wildman–Crippen LogP) is 2.44. The third kappa shape index (κ3) is 1.38. The van der Waals surface area contributed by atoms with E-state index < -0.39 is 0 Å². The van der Waals surface area contributed by atoms with Crippen LogP contribution in [0.1, 0.15) is 26.2 Å². The fourth-order valence-corrected chi connectivity index (χ4v) is 1.77. The van der Waals surface area contributed by atoms with E-state index in [1.54, 1.807) is 11.1 Å². The second-order valence-electron chi connectivity index (χ2n) is 3.42. The summed E-state index contributed by atoms with van der Waals surface area (Å²) in [4.78, 5) is 0. The summed E-state index contributed by atoms with van der Waals surface area (Å²) in [6.07, 6.45) is 5.95. The molecule has 0 saturated carbocycles. The molecule has 1 heterocycles. The maximum atomic E-state index is 5.39. The summed E-state index contributed by atoms with van der Waals surface area (Å²) in [7, 11) is 0. The van der Waals surface area contributed by atoms with Gasteiger partial charge in [0, 0.05) is 0 Å². The first-order valence-electron chi connectivity index (χ1n) is 4.32. The van der Waals surface area contributed by atoms with Crippen LogP contribution in [0.5, 0.6) is 0 Å². The van der Waals surface area contributed by atoms with E-state index in [1.807, 2.05) is 0 Å². The minimum Gasteiger partial charge on any atom is -0.377 e. The molecular formula is C10H14O. The third-order valence-corrected chi connectivity index (χ3v) is 2.49. The van der Waals surface area contributed by atoms with Crippen LogP contribution in [0.4, 0.5) is 0 Å². The lowest BCUT2D eigenvalue weighted by Crippen LogP contribution is -2.12. The van der Waals surface area contributed by atoms with Crippen molar-refractivity contribution in [2.45, 2.75) is 26.2 Å². The van der Waals surface area contributed by atoms with Crippen LogP contribution in [-0.4, -0.2) is 13.2 Å². The normalized spacial score (nSPS) is 24.6. The van der Waals surface area contributed by atoms with Crippen molar-refractivity contribution in [2.24, 2.45) is 0 Å². The summed E-state index contributed by atoms with van der Waals surface area (Å²) in [5.41, 5.74) is 4.63. The minimum absolute atomic E-state index is 0.888. The highest BCUT2D eigenvalue weighted by molar-refractivity contribution is 5.34. The van der Waals surface area contributed by atoms with E-state index in [1.165, 1.54) is 18.4 Å². The van der Waals surface area contributed by atoms with Crippen LogP contribution in [-0.2, 0) is 4.74 Å². The van der Waals surface area contributed by atoms with E-state index in [0.29, 0.717) is 0 Å². The first-order valence-corrected chi connectivity index (χ1v) is 4.32. The van der Waals surface area contributed by atoms with Gasteiger partial charge in [0.25, 0.3) is 0 Å². The van der Waals surface area contributed by atoms with Gasteiger partial charge >= 0.3 is 0 Å². The number of ether oxygens (including phenoxy) is 1. The molecule has 0 amide bonds. The molecule has 0 N–H and O–H groups in total. The average Bonchev–Trinajstić information content (AvgIpc) is 2.04. The highest BCUT2D eigenvalue weighted by atomic mass is 16.5. The van der Waals surface area contributed by atoms with E-state index in [9.17, 15) is 0 Å². The Kier molecular flexibility index (Phi) is 1.82. The Morgan fingerprint density at radius 1 is 1.27 bits per heavy atom. The van der Waals surface area contributed by atoms with Gasteiger partial charge < -0.3 is 4.74 Å². The molecule has 1 nitrogen and oxygen atoms in total. The maximum Gasteiger partial charge on any atom is 0.0682 e. The van der Waals surface area contributed by atoms with Gasteiger partial charge in [0.05, 0.1) is 13.2 Å². The highest BCUT2D eigenvalue weighted by Gasteiger charge is 2.14. The van der Waals surface area contributed by atoms with Crippen molar-refractivity contribution in [1.82, 2.24) is 0 Å². The molecule has 1 aliphatic heterocycles. The molecule has 0 unspecified atom stereocenters. The van der Waals surface area contributed by atoms with Gasteiger partial charge in [-0.3, -0.25) is 0 Å². The molecule has 0 aromatic heterocycles. The minimum atomic E-state index is 0.888. The van der Waals surface area contributed by atoms with Gasteiger partial charge in [-0.25, -0.2) is 0 Å². The van der Waals surface area contributed by atoms with Gasteiger partial charge in [0.2, 0.25) is 0 Å². The smallest absolute Gasteiger partial charge is 0.0682 e. The zero-order valence-electron chi connectivity index (χ0n) is 7.02. The Bertz CT molecular complexity index is 223. The van der Waals surface area contributed by atoms with Crippen molar-refractivity contribution >= 4 is 0 Å². The lowest BCUT2D eigenvalue weighted by molar-refractivity contribution is 0.144. The zero-order valence-corrected chi connectivity index (χ0v) is 7.02. The van der Waals surface area contributed by atoms with Crippen LogP contribution in [0.25, 0.3) is 0 Å². The van der Waals surface area contributed by atoms with Crippen molar-refractivity contribution in [1.29, 1.82) is 0 Å². The number of hydrogen-bond donors (Lipinski definition) is 0. The maximum absolute atomic E-state index is 5.39. The number of rotatable bonds is 0. The van der Waals surface area contributed by atoms with Crippen LogP contribution in [0, 0.1) is 0 Å².